The predicted molar refractivity (Wildman–Crippen MR) is 258 cm³/mol. The number of hydrogen-bond donors (Lipinski definition) is 5. The van der Waals surface area contributed by atoms with E-state index in [2.05, 4.69) is 72.9 Å². The lowest BCUT2D eigenvalue weighted by Gasteiger charge is -2.50. The first-order chi connectivity index (χ1) is 31.2. The molecule has 3 aromatic carbocycles. The molecule has 362 valence electrons. The molecular formula is C51H75N7O8. The van der Waals surface area contributed by atoms with E-state index in [4.69, 9.17) is 14.3 Å². The molecule has 1 saturated heterocycles. The number of para-hydroxylation sites is 1. The van der Waals surface area contributed by atoms with Crippen molar-refractivity contribution in [1.82, 2.24) is 31.2 Å². The molecule has 1 saturated carbocycles. The highest BCUT2D eigenvalue weighted by molar-refractivity contribution is 5.97. The smallest absolute Gasteiger partial charge is 0.407 e. The highest BCUT2D eigenvalue weighted by Gasteiger charge is 2.52. The third-order valence-corrected chi connectivity index (χ3v) is 14.1. The van der Waals surface area contributed by atoms with Crippen LogP contribution in [0.2, 0.25) is 0 Å². The predicted octanol–water partition coefficient (Wildman–Crippen LogP) is 5.50. The summed E-state index contributed by atoms with van der Waals surface area (Å²) in [6.45, 7) is 15.0. The normalized spacial score (nSPS) is 23.6. The van der Waals surface area contributed by atoms with Crippen molar-refractivity contribution in [3.05, 3.63) is 83.4 Å². The van der Waals surface area contributed by atoms with Crippen LogP contribution < -0.4 is 30.9 Å². The Hall–Kier alpha value is -5.22. The summed E-state index contributed by atoms with van der Waals surface area (Å²) in [5, 5.41) is 24.3. The maximum Gasteiger partial charge on any atom is 0.407 e. The van der Waals surface area contributed by atoms with Gasteiger partial charge in [0.25, 0.3) is 5.91 Å². The van der Waals surface area contributed by atoms with Gasteiger partial charge in [0, 0.05) is 75.1 Å². The Morgan fingerprint density at radius 3 is 2.29 bits per heavy atom. The maximum atomic E-state index is 14.9. The summed E-state index contributed by atoms with van der Waals surface area (Å²) in [4.78, 5) is 63.9. The monoisotopic (exact) mass is 914 g/mol. The van der Waals surface area contributed by atoms with Crippen molar-refractivity contribution in [2.75, 3.05) is 66.4 Å². The zero-order valence-corrected chi connectivity index (χ0v) is 41.1. The van der Waals surface area contributed by atoms with Gasteiger partial charge in [0.1, 0.15) is 24.0 Å². The SMILES string of the molecule is COc1c(CN2O[C@@H](CO)[C@@H]([C@H](C)OC(=O)NCCNC(C)=O)[C@H]2C(=O)N[C@H]2C[C@@H](C)C(C)(C)[C@@H](C)[C@@H]2C)cccc1-c1cc(C(=O)N[C@@H](Cc2ccccc2)CN(C)C)cc(N(C)C)c1. The lowest BCUT2D eigenvalue weighted by Crippen LogP contribution is -2.57. The Bertz CT molecular complexity index is 2120. The van der Waals surface area contributed by atoms with Gasteiger partial charge in [-0.2, -0.15) is 5.06 Å². The van der Waals surface area contributed by atoms with Gasteiger partial charge in [-0.1, -0.05) is 83.1 Å². The van der Waals surface area contributed by atoms with Crippen LogP contribution in [-0.4, -0.2) is 131 Å². The summed E-state index contributed by atoms with van der Waals surface area (Å²) in [5.74, 6) is -0.121. The summed E-state index contributed by atoms with van der Waals surface area (Å²) in [6, 6.07) is 20.4. The Labute approximate surface area is 392 Å². The summed E-state index contributed by atoms with van der Waals surface area (Å²) in [7, 11) is 9.43. The molecule has 5 N–H and O–H groups in total. The van der Waals surface area contributed by atoms with Gasteiger partial charge in [-0.25, -0.2) is 4.79 Å². The van der Waals surface area contributed by atoms with E-state index in [0.717, 1.165) is 28.8 Å². The number of amides is 4. The highest BCUT2D eigenvalue weighted by Crippen LogP contribution is 2.48. The molecule has 2 aliphatic rings. The molecule has 3 aromatic rings. The molecule has 1 aliphatic heterocycles. The molecule has 0 unspecified atom stereocenters. The number of carbonyl (C=O) groups is 4. The first-order valence-corrected chi connectivity index (χ1v) is 23.3. The second-order valence-corrected chi connectivity index (χ2v) is 19.4. The summed E-state index contributed by atoms with van der Waals surface area (Å²) >= 11 is 0. The van der Waals surface area contributed by atoms with Gasteiger partial charge in [0.05, 0.1) is 26.2 Å². The van der Waals surface area contributed by atoms with Crippen LogP contribution in [0.5, 0.6) is 5.75 Å². The quantitative estimate of drug-likeness (QED) is 0.0963. The number of benzene rings is 3. The zero-order valence-electron chi connectivity index (χ0n) is 41.1. The van der Waals surface area contributed by atoms with Gasteiger partial charge in [0.2, 0.25) is 11.8 Å². The second kappa shape index (κ2) is 23.0. The van der Waals surface area contributed by atoms with Crippen molar-refractivity contribution in [2.45, 2.75) is 98.2 Å². The Morgan fingerprint density at radius 1 is 0.955 bits per heavy atom. The van der Waals surface area contributed by atoms with E-state index in [1.165, 1.54) is 6.92 Å². The minimum absolute atomic E-state index is 0.0736. The molecule has 0 spiro atoms. The molecule has 0 bridgehead atoms. The minimum Gasteiger partial charge on any atom is -0.496 e. The number of carbonyl (C=O) groups excluding carboxylic acids is 4. The molecule has 1 heterocycles. The van der Waals surface area contributed by atoms with Gasteiger partial charge < -0.3 is 45.6 Å². The highest BCUT2D eigenvalue weighted by atomic mass is 16.7. The summed E-state index contributed by atoms with van der Waals surface area (Å²) in [5.41, 5.74) is 4.70. The minimum atomic E-state index is -0.983. The standard InChI is InChI=1S/C51H75N7O8/c1-31-23-43(32(2)33(3)51(31,6)7)55-49(62)46-45(34(4)65-50(63)53-22-21-52-35(5)60)44(30-59)66-58(46)28-37-19-16-20-42(47(37)64-12)38-25-39(27-41(26-38)57(10)11)48(61)54-40(29-56(8)9)24-36-17-14-13-15-18-36/h13-20,25-27,31-34,40,43-46,59H,21-24,28-30H2,1-12H3,(H,52,60)(H,53,63)(H,54,61)(H,55,62)/t31-,32+,33+,34+,40+,43+,44+,45-,46+/m1/s1. The number of anilines is 1. The molecule has 4 amide bonds. The number of likely N-dealkylation sites (N-methyl/N-ethyl adjacent to an activating group) is 1. The first kappa shape index (κ1) is 51.8. The molecule has 66 heavy (non-hydrogen) atoms. The van der Waals surface area contributed by atoms with Crippen LogP contribution >= 0.6 is 0 Å². The van der Waals surface area contributed by atoms with Crippen LogP contribution in [0, 0.1) is 29.1 Å². The summed E-state index contributed by atoms with van der Waals surface area (Å²) in [6.07, 6.45) is -1.03. The summed E-state index contributed by atoms with van der Waals surface area (Å²) < 4.78 is 12.0. The van der Waals surface area contributed by atoms with Gasteiger partial charge in [-0.05, 0) is 86.4 Å². The zero-order chi connectivity index (χ0) is 48.5. The van der Waals surface area contributed by atoms with Crippen LogP contribution in [-0.2, 0) is 32.1 Å². The van der Waals surface area contributed by atoms with Crippen molar-refractivity contribution in [2.24, 2.45) is 29.1 Å². The van der Waals surface area contributed by atoms with Crippen LogP contribution in [0.15, 0.2) is 66.7 Å². The van der Waals surface area contributed by atoms with E-state index in [1.54, 1.807) is 19.1 Å². The maximum absolute atomic E-state index is 14.9. The van der Waals surface area contributed by atoms with Crippen molar-refractivity contribution in [1.29, 1.82) is 0 Å². The number of alkyl carbamates (subject to hydrolysis) is 1. The van der Waals surface area contributed by atoms with Gasteiger partial charge in [0.15, 0.2) is 0 Å². The molecule has 1 aliphatic carbocycles. The number of methoxy groups -OCH3 is 1. The number of rotatable bonds is 19. The number of aliphatic hydroxyl groups excluding tert-OH is 1. The number of nitrogens with one attached hydrogen (secondary N) is 4. The molecule has 9 atom stereocenters. The second-order valence-electron chi connectivity index (χ2n) is 19.4. The van der Waals surface area contributed by atoms with E-state index in [1.807, 2.05) is 87.7 Å². The average Bonchev–Trinajstić information content (AvgIpc) is 3.64. The lowest BCUT2D eigenvalue weighted by atomic mass is 9.58. The van der Waals surface area contributed by atoms with Crippen molar-refractivity contribution >= 4 is 29.5 Å². The number of hydroxylamine groups is 2. The number of nitrogens with zero attached hydrogens (tertiary/aromatic N) is 3. The lowest BCUT2D eigenvalue weighted by molar-refractivity contribution is -0.182. The van der Waals surface area contributed by atoms with Gasteiger partial charge in [-0.3, -0.25) is 19.2 Å². The Morgan fingerprint density at radius 2 is 1.65 bits per heavy atom. The van der Waals surface area contributed by atoms with E-state index in [9.17, 15) is 24.3 Å². The van der Waals surface area contributed by atoms with Crippen LogP contribution in [0.3, 0.4) is 0 Å². The molecule has 5 rings (SSSR count). The molecule has 0 aromatic heterocycles. The Balaban J connectivity index is 1.48. The first-order valence-electron chi connectivity index (χ1n) is 23.3. The molecule has 15 heteroatoms. The molecule has 15 nitrogen and oxygen atoms in total. The average molecular weight is 914 g/mol. The molecule has 0 radical (unpaired) electrons. The third kappa shape index (κ3) is 12.8. The number of aliphatic hydroxyl groups is 1. The van der Waals surface area contributed by atoms with Gasteiger partial charge >= 0.3 is 6.09 Å². The number of ether oxygens (including phenoxy) is 2. The van der Waals surface area contributed by atoms with Crippen LogP contribution in [0.4, 0.5) is 10.5 Å². The largest absolute Gasteiger partial charge is 0.496 e. The van der Waals surface area contributed by atoms with E-state index >= 15 is 0 Å². The topological polar surface area (TPSA) is 174 Å². The third-order valence-electron chi connectivity index (χ3n) is 14.1. The van der Waals surface area contributed by atoms with Crippen LogP contribution in [0.1, 0.15) is 76.4 Å². The van der Waals surface area contributed by atoms with Crippen molar-refractivity contribution in [3.8, 4) is 16.9 Å². The van der Waals surface area contributed by atoms with E-state index < -0.39 is 36.9 Å². The fraction of sp³-hybridized carbons (Fsp3) is 0.569. The van der Waals surface area contributed by atoms with E-state index in [0.29, 0.717) is 41.7 Å². The van der Waals surface area contributed by atoms with Crippen molar-refractivity contribution in [3.63, 3.8) is 0 Å². The molecular weight excluding hydrogens is 839 g/mol. The Kier molecular flexibility index (Phi) is 18.0. The fourth-order valence-electron chi connectivity index (χ4n) is 9.66. The number of hydrogen-bond acceptors (Lipinski definition) is 11. The van der Waals surface area contributed by atoms with Crippen molar-refractivity contribution < 1.29 is 38.6 Å². The van der Waals surface area contributed by atoms with Crippen LogP contribution in [0.25, 0.3) is 11.1 Å². The van der Waals surface area contributed by atoms with Gasteiger partial charge in [-0.15, -0.1) is 0 Å². The van der Waals surface area contributed by atoms with E-state index in [-0.39, 0.29) is 60.8 Å². The molecule has 2 fully saturated rings. The fourth-order valence-corrected chi connectivity index (χ4v) is 9.66.